The maximum atomic E-state index is 6.10. The van der Waals surface area contributed by atoms with Crippen molar-refractivity contribution in [3.05, 3.63) is 48.5 Å². The maximum absolute atomic E-state index is 6.10. The third-order valence-corrected chi connectivity index (χ3v) is 5.90. The molecule has 1 aliphatic heterocycles. The lowest BCUT2D eigenvalue weighted by atomic mass is 10.1. The van der Waals surface area contributed by atoms with E-state index in [4.69, 9.17) is 15.7 Å². The minimum Gasteiger partial charge on any atom is -0.364 e. The topological polar surface area (TPSA) is 116 Å². The monoisotopic (exact) mass is 432 g/mol. The van der Waals surface area contributed by atoms with Gasteiger partial charge >= 0.3 is 0 Å². The number of benzene rings is 1. The zero-order valence-corrected chi connectivity index (χ0v) is 18.4. The first-order chi connectivity index (χ1) is 15.6. The third-order valence-electron chi connectivity index (χ3n) is 5.90. The molecule has 1 saturated heterocycles. The number of fused-ring (bicyclic) bond motifs is 1. The largest absolute Gasteiger partial charge is 0.364 e. The van der Waals surface area contributed by atoms with E-state index in [0.29, 0.717) is 6.54 Å². The summed E-state index contributed by atoms with van der Waals surface area (Å²) < 4.78 is 3.85. The molecule has 1 aliphatic rings. The van der Waals surface area contributed by atoms with Gasteiger partial charge in [0.25, 0.3) is 0 Å². The lowest BCUT2D eigenvalue weighted by Gasteiger charge is -2.30. The molecular formula is C22H28N10. The number of anilines is 2. The second-order valence-corrected chi connectivity index (χ2v) is 8.44. The minimum absolute atomic E-state index is 0.249. The van der Waals surface area contributed by atoms with Crippen LogP contribution in [-0.2, 0) is 6.54 Å². The molecule has 4 aromatic rings. The predicted octanol–water partition coefficient (Wildman–Crippen LogP) is 2.53. The summed E-state index contributed by atoms with van der Waals surface area (Å²) in [5.74, 6) is 1.45. The molecular weight excluding hydrogens is 404 g/mol. The fourth-order valence-corrected chi connectivity index (χ4v) is 4.05. The number of hydrogen-bond donors (Lipinski definition) is 2. The van der Waals surface area contributed by atoms with Crippen LogP contribution in [0.25, 0.3) is 16.9 Å². The summed E-state index contributed by atoms with van der Waals surface area (Å²) in [7, 11) is 0. The van der Waals surface area contributed by atoms with Crippen molar-refractivity contribution < 1.29 is 0 Å². The summed E-state index contributed by atoms with van der Waals surface area (Å²) in [6, 6.07) is 8.61. The van der Waals surface area contributed by atoms with Crippen LogP contribution in [0.2, 0.25) is 0 Å². The van der Waals surface area contributed by atoms with Gasteiger partial charge in [-0.15, -0.1) is 5.10 Å². The standard InChI is InChI=1S/C22H28N10/c1-15(2)31-14-25-19-20(27-22(28-21(19)31)30-10-7-17(23)8-11-30)24-13-16-5-3-4-6-18(16)32-12-9-26-29-32/h3-6,9,12,14-15,17H,7-8,10-11,13,23H2,1-2H3,(H,24,27,28). The molecule has 1 fully saturated rings. The number of imidazole rings is 1. The fraction of sp³-hybridized carbons (Fsp3) is 0.409. The fourth-order valence-electron chi connectivity index (χ4n) is 4.05. The molecule has 0 aliphatic carbocycles. The number of rotatable bonds is 6. The molecule has 32 heavy (non-hydrogen) atoms. The smallest absolute Gasteiger partial charge is 0.229 e. The van der Waals surface area contributed by atoms with Crippen LogP contribution < -0.4 is 16.0 Å². The van der Waals surface area contributed by atoms with E-state index >= 15 is 0 Å². The highest BCUT2D eigenvalue weighted by Crippen LogP contribution is 2.27. The van der Waals surface area contributed by atoms with Crippen LogP contribution in [0.4, 0.5) is 11.8 Å². The highest BCUT2D eigenvalue weighted by Gasteiger charge is 2.22. The zero-order chi connectivity index (χ0) is 22.1. The SMILES string of the molecule is CC(C)n1cnc2c(NCc3ccccc3-n3ccnn3)nc(N3CCC(N)CC3)nc21. The Morgan fingerprint density at radius 1 is 1.16 bits per heavy atom. The highest BCUT2D eigenvalue weighted by molar-refractivity contribution is 5.84. The predicted molar refractivity (Wildman–Crippen MR) is 124 cm³/mol. The summed E-state index contributed by atoms with van der Waals surface area (Å²) in [6.07, 6.45) is 7.24. The lowest BCUT2D eigenvalue weighted by Crippen LogP contribution is -2.40. The Bertz CT molecular complexity index is 1190. The van der Waals surface area contributed by atoms with Crippen LogP contribution in [0.1, 0.15) is 38.3 Å². The first-order valence-corrected chi connectivity index (χ1v) is 11.0. The van der Waals surface area contributed by atoms with E-state index in [-0.39, 0.29) is 12.1 Å². The van der Waals surface area contributed by atoms with Gasteiger partial charge in [0, 0.05) is 31.7 Å². The van der Waals surface area contributed by atoms with E-state index in [1.54, 1.807) is 10.9 Å². The average molecular weight is 433 g/mol. The Morgan fingerprint density at radius 2 is 1.97 bits per heavy atom. The molecule has 3 aromatic heterocycles. The molecule has 0 bridgehead atoms. The van der Waals surface area contributed by atoms with Gasteiger partial charge < -0.3 is 20.5 Å². The molecule has 0 atom stereocenters. The number of nitrogens with two attached hydrogens (primary N) is 1. The van der Waals surface area contributed by atoms with Crippen LogP contribution in [0, 0.1) is 0 Å². The average Bonchev–Trinajstić information content (AvgIpc) is 3.48. The van der Waals surface area contributed by atoms with Gasteiger partial charge in [0.05, 0.1) is 24.4 Å². The first kappa shape index (κ1) is 20.4. The van der Waals surface area contributed by atoms with E-state index in [9.17, 15) is 0 Å². The minimum atomic E-state index is 0.249. The van der Waals surface area contributed by atoms with Gasteiger partial charge in [-0.3, -0.25) is 0 Å². The van der Waals surface area contributed by atoms with E-state index in [1.807, 2.05) is 30.7 Å². The molecule has 0 saturated carbocycles. The van der Waals surface area contributed by atoms with E-state index in [0.717, 1.165) is 60.1 Å². The number of hydrogen-bond acceptors (Lipinski definition) is 8. The Labute approximate surface area is 186 Å². The quantitative estimate of drug-likeness (QED) is 0.478. The van der Waals surface area contributed by atoms with Gasteiger partial charge in [-0.2, -0.15) is 9.97 Å². The second kappa shape index (κ2) is 8.54. The van der Waals surface area contributed by atoms with Crippen molar-refractivity contribution in [2.45, 2.75) is 45.3 Å². The zero-order valence-electron chi connectivity index (χ0n) is 18.4. The maximum Gasteiger partial charge on any atom is 0.229 e. The molecule has 1 aromatic carbocycles. The normalized spacial score (nSPS) is 15.1. The van der Waals surface area contributed by atoms with Crippen molar-refractivity contribution in [2.75, 3.05) is 23.3 Å². The van der Waals surface area contributed by atoms with Gasteiger partial charge in [0.15, 0.2) is 17.0 Å². The summed E-state index contributed by atoms with van der Waals surface area (Å²) in [4.78, 5) is 16.6. The number of nitrogens with zero attached hydrogens (tertiary/aromatic N) is 8. The van der Waals surface area contributed by atoms with Crippen LogP contribution in [0.5, 0.6) is 0 Å². The van der Waals surface area contributed by atoms with Gasteiger partial charge in [-0.25, -0.2) is 9.67 Å². The third kappa shape index (κ3) is 3.89. The van der Waals surface area contributed by atoms with Crippen molar-refractivity contribution in [2.24, 2.45) is 5.73 Å². The molecule has 0 unspecified atom stereocenters. The van der Waals surface area contributed by atoms with Crippen molar-refractivity contribution in [3.63, 3.8) is 0 Å². The van der Waals surface area contributed by atoms with Gasteiger partial charge in [-0.1, -0.05) is 23.4 Å². The highest BCUT2D eigenvalue weighted by atomic mass is 15.4. The summed E-state index contributed by atoms with van der Waals surface area (Å²) in [5, 5.41) is 11.6. The summed E-state index contributed by atoms with van der Waals surface area (Å²) in [6.45, 7) is 6.55. The van der Waals surface area contributed by atoms with Crippen molar-refractivity contribution in [1.29, 1.82) is 0 Å². The number of piperidine rings is 1. The van der Waals surface area contributed by atoms with Gasteiger partial charge in [-0.05, 0) is 38.3 Å². The molecule has 0 radical (unpaired) electrons. The molecule has 10 nitrogen and oxygen atoms in total. The van der Waals surface area contributed by atoms with E-state index < -0.39 is 0 Å². The Morgan fingerprint density at radius 3 is 2.72 bits per heavy atom. The second-order valence-electron chi connectivity index (χ2n) is 8.44. The molecule has 5 rings (SSSR count). The van der Waals surface area contributed by atoms with Crippen LogP contribution in [-0.4, -0.2) is 53.6 Å². The van der Waals surface area contributed by atoms with Crippen LogP contribution in [0.3, 0.4) is 0 Å². The van der Waals surface area contributed by atoms with Crippen LogP contribution in [0.15, 0.2) is 43.0 Å². The number of aromatic nitrogens is 7. The first-order valence-electron chi connectivity index (χ1n) is 11.0. The molecule has 166 valence electrons. The Balaban J connectivity index is 1.50. The van der Waals surface area contributed by atoms with Crippen molar-refractivity contribution in [3.8, 4) is 5.69 Å². The molecule has 0 spiro atoms. The summed E-state index contributed by atoms with van der Waals surface area (Å²) >= 11 is 0. The molecule has 10 heteroatoms. The molecule has 4 heterocycles. The number of para-hydroxylation sites is 1. The Hall–Kier alpha value is -3.53. The van der Waals surface area contributed by atoms with Gasteiger partial charge in [0.2, 0.25) is 5.95 Å². The van der Waals surface area contributed by atoms with Crippen molar-refractivity contribution in [1.82, 2.24) is 34.5 Å². The van der Waals surface area contributed by atoms with Crippen molar-refractivity contribution >= 4 is 22.9 Å². The van der Waals surface area contributed by atoms with Gasteiger partial charge in [0.1, 0.15) is 0 Å². The number of nitrogens with one attached hydrogen (secondary N) is 1. The lowest BCUT2D eigenvalue weighted by molar-refractivity contribution is 0.495. The summed E-state index contributed by atoms with van der Waals surface area (Å²) in [5.41, 5.74) is 9.77. The molecule has 0 amide bonds. The Kier molecular flexibility index (Phi) is 5.44. The van der Waals surface area contributed by atoms with E-state index in [2.05, 4.69) is 50.0 Å². The van der Waals surface area contributed by atoms with Crippen LogP contribution >= 0.6 is 0 Å². The molecule has 3 N–H and O–H groups in total. The van der Waals surface area contributed by atoms with E-state index in [1.165, 1.54) is 0 Å².